The zero-order chi connectivity index (χ0) is 9.30. The Kier molecular flexibility index (Phi) is 3.20. The number of carbonyl (C=O) groups is 1. The number of alkyl halides is 2. The highest BCUT2D eigenvalue weighted by Gasteiger charge is 2.20. The standard InChI is InChI=1S/C6H2BrClF2OS/c7-2-1-3(12-5(2)8)4(11)6(9)10/h1,6H. The fraction of sp³-hybridized carbons (Fsp3) is 0.167. The number of hydrogen-bond acceptors (Lipinski definition) is 2. The predicted molar refractivity (Wildman–Crippen MR) is 47.4 cm³/mol. The highest BCUT2D eigenvalue weighted by Crippen LogP contribution is 2.32. The van der Waals surface area contributed by atoms with Crippen molar-refractivity contribution in [1.29, 1.82) is 0 Å². The molecule has 1 nitrogen and oxygen atoms in total. The molecule has 1 aromatic heterocycles. The van der Waals surface area contributed by atoms with E-state index in [2.05, 4.69) is 15.9 Å². The van der Waals surface area contributed by atoms with Crippen LogP contribution < -0.4 is 0 Å². The Hall–Kier alpha value is -0.000000000000000139. The van der Waals surface area contributed by atoms with Crippen molar-refractivity contribution in [3.05, 3.63) is 19.8 Å². The van der Waals surface area contributed by atoms with Crippen LogP contribution in [-0.4, -0.2) is 12.2 Å². The fourth-order valence-electron chi connectivity index (χ4n) is 0.576. The van der Waals surface area contributed by atoms with Gasteiger partial charge in [-0.15, -0.1) is 11.3 Å². The second-order valence-electron chi connectivity index (χ2n) is 1.90. The molecule has 0 N–H and O–H groups in total. The predicted octanol–water partition coefficient (Wildman–Crippen LogP) is 3.61. The minimum absolute atomic E-state index is 0.0260. The van der Waals surface area contributed by atoms with Crippen molar-refractivity contribution in [3.8, 4) is 0 Å². The first-order valence-corrected chi connectivity index (χ1v) is 4.78. The Balaban J connectivity index is 2.97. The minimum Gasteiger partial charge on any atom is -0.287 e. The third kappa shape index (κ3) is 2.02. The van der Waals surface area contributed by atoms with E-state index >= 15 is 0 Å². The van der Waals surface area contributed by atoms with Crippen molar-refractivity contribution in [1.82, 2.24) is 0 Å². The molecule has 1 heterocycles. The number of ketones is 1. The largest absolute Gasteiger partial charge is 0.301 e. The topological polar surface area (TPSA) is 17.1 Å². The molecule has 0 unspecified atom stereocenters. The van der Waals surface area contributed by atoms with Gasteiger partial charge in [0.2, 0.25) is 5.78 Å². The summed E-state index contributed by atoms with van der Waals surface area (Å²) < 4.78 is 24.5. The maximum atomic E-state index is 11.9. The van der Waals surface area contributed by atoms with Gasteiger partial charge in [-0.3, -0.25) is 4.79 Å². The summed E-state index contributed by atoms with van der Waals surface area (Å²) in [5.74, 6) is -1.19. The van der Waals surface area contributed by atoms with Gasteiger partial charge in [0.1, 0.15) is 4.34 Å². The van der Waals surface area contributed by atoms with Crippen LogP contribution >= 0.6 is 38.9 Å². The molecule has 0 radical (unpaired) electrons. The number of hydrogen-bond donors (Lipinski definition) is 0. The molecule has 66 valence electrons. The van der Waals surface area contributed by atoms with E-state index in [1.807, 2.05) is 0 Å². The normalized spacial score (nSPS) is 10.8. The maximum Gasteiger partial charge on any atom is 0.301 e. The molecule has 1 aromatic rings. The second-order valence-corrected chi connectivity index (χ2v) is 4.41. The Morgan fingerprint density at radius 1 is 1.67 bits per heavy atom. The zero-order valence-corrected chi connectivity index (χ0v) is 8.64. The molecule has 0 saturated carbocycles. The molecule has 0 saturated heterocycles. The van der Waals surface area contributed by atoms with E-state index in [0.717, 1.165) is 11.3 Å². The molecule has 0 atom stereocenters. The van der Waals surface area contributed by atoms with Crippen molar-refractivity contribution in [2.45, 2.75) is 6.43 Å². The van der Waals surface area contributed by atoms with Gasteiger partial charge >= 0.3 is 6.43 Å². The lowest BCUT2D eigenvalue weighted by atomic mass is 10.3. The Morgan fingerprint density at radius 2 is 2.25 bits per heavy atom. The highest BCUT2D eigenvalue weighted by molar-refractivity contribution is 9.10. The smallest absolute Gasteiger partial charge is 0.287 e. The molecule has 0 bridgehead atoms. The molecule has 0 spiro atoms. The van der Waals surface area contributed by atoms with Gasteiger partial charge in [0.15, 0.2) is 0 Å². The van der Waals surface area contributed by atoms with Gasteiger partial charge in [0.25, 0.3) is 0 Å². The van der Waals surface area contributed by atoms with Gasteiger partial charge in [0.05, 0.1) is 4.88 Å². The lowest BCUT2D eigenvalue weighted by molar-refractivity contribution is 0.0683. The van der Waals surface area contributed by atoms with Crippen molar-refractivity contribution in [2.75, 3.05) is 0 Å². The highest BCUT2D eigenvalue weighted by atomic mass is 79.9. The second kappa shape index (κ2) is 3.81. The van der Waals surface area contributed by atoms with Gasteiger partial charge < -0.3 is 0 Å². The quantitative estimate of drug-likeness (QED) is 0.754. The van der Waals surface area contributed by atoms with Crippen LogP contribution in [0.2, 0.25) is 4.34 Å². The number of thiophene rings is 1. The maximum absolute atomic E-state index is 11.9. The number of halogens is 4. The number of carbonyl (C=O) groups excluding carboxylic acids is 1. The lowest BCUT2D eigenvalue weighted by Gasteiger charge is -1.91. The first-order valence-electron chi connectivity index (χ1n) is 2.79. The Morgan fingerprint density at radius 3 is 2.58 bits per heavy atom. The third-order valence-electron chi connectivity index (χ3n) is 1.09. The number of rotatable bonds is 2. The van der Waals surface area contributed by atoms with E-state index in [-0.39, 0.29) is 4.88 Å². The first-order chi connectivity index (χ1) is 5.52. The Bertz CT molecular complexity index is 293. The van der Waals surface area contributed by atoms with Gasteiger partial charge in [0, 0.05) is 4.47 Å². The fourth-order valence-corrected chi connectivity index (χ4v) is 2.22. The summed E-state index contributed by atoms with van der Waals surface area (Å²) >= 11 is 9.41. The molecule has 0 aliphatic carbocycles. The Labute approximate surface area is 84.5 Å². The van der Waals surface area contributed by atoms with Gasteiger partial charge in [-0.25, -0.2) is 8.78 Å². The molecule has 0 amide bonds. The molecule has 1 rings (SSSR count). The van der Waals surface area contributed by atoms with E-state index in [1.54, 1.807) is 0 Å². The molecule has 12 heavy (non-hydrogen) atoms. The summed E-state index contributed by atoms with van der Waals surface area (Å²) in [6, 6.07) is 1.29. The molecule has 0 aliphatic rings. The molecule has 0 aliphatic heterocycles. The molecule has 0 aromatic carbocycles. The van der Waals surface area contributed by atoms with Crippen LogP contribution in [-0.2, 0) is 0 Å². The lowest BCUT2D eigenvalue weighted by Crippen LogP contribution is -2.07. The van der Waals surface area contributed by atoms with Crippen molar-refractivity contribution >= 4 is 44.7 Å². The summed E-state index contributed by atoms with van der Waals surface area (Å²) in [6.07, 6.45) is -2.97. The molecular weight excluding hydrogens is 273 g/mol. The molecular formula is C6H2BrClF2OS. The van der Waals surface area contributed by atoms with Crippen LogP contribution in [0.4, 0.5) is 8.78 Å². The zero-order valence-electron chi connectivity index (χ0n) is 5.48. The van der Waals surface area contributed by atoms with E-state index in [1.165, 1.54) is 6.07 Å². The van der Waals surface area contributed by atoms with Crippen molar-refractivity contribution in [2.24, 2.45) is 0 Å². The average Bonchev–Trinajstić information content (AvgIpc) is 2.30. The first kappa shape index (κ1) is 10.1. The van der Waals surface area contributed by atoms with Gasteiger partial charge in [-0.2, -0.15) is 0 Å². The molecule has 0 fully saturated rings. The third-order valence-corrected chi connectivity index (χ3v) is 3.58. The van der Waals surface area contributed by atoms with Crippen LogP contribution in [0, 0.1) is 0 Å². The van der Waals surface area contributed by atoms with E-state index in [9.17, 15) is 13.6 Å². The summed E-state index contributed by atoms with van der Waals surface area (Å²) in [4.78, 5) is 10.7. The van der Waals surface area contributed by atoms with Crippen molar-refractivity contribution < 1.29 is 13.6 Å². The molecule has 6 heteroatoms. The minimum atomic E-state index is -2.97. The average molecular weight is 276 g/mol. The summed E-state index contributed by atoms with van der Waals surface area (Å²) in [7, 11) is 0. The summed E-state index contributed by atoms with van der Waals surface area (Å²) in [5.41, 5.74) is 0. The van der Waals surface area contributed by atoms with E-state index < -0.39 is 12.2 Å². The van der Waals surface area contributed by atoms with Crippen LogP contribution in [0.3, 0.4) is 0 Å². The van der Waals surface area contributed by atoms with Crippen LogP contribution in [0.1, 0.15) is 9.67 Å². The van der Waals surface area contributed by atoms with E-state index in [4.69, 9.17) is 11.6 Å². The van der Waals surface area contributed by atoms with Gasteiger partial charge in [-0.1, -0.05) is 11.6 Å². The monoisotopic (exact) mass is 274 g/mol. The van der Waals surface area contributed by atoms with Crippen LogP contribution in [0.15, 0.2) is 10.5 Å². The summed E-state index contributed by atoms with van der Waals surface area (Å²) in [5, 5.41) is 0. The van der Waals surface area contributed by atoms with Crippen LogP contribution in [0.25, 0.3) is 0 Å². The summed E-state index contributed by atoms with van der Waals surface area (Å²) in [6.45, 7) is 0. The number of Topliss-reactive ketones (excluding diaryl/α,β-unsaturated/α-hetero) is 1. The SMILES string of the molecule is O=C(c1cc(Br)c(Cl)s1)C(F)F. The van der Waals surface area contributed by atoms with E-state index in [0.29, 0.717) is 8.81 Å². The van der Waals surface area contributed by atoms with Crippen LogP contribution in [0.5, 0.6) is 0 Å². The van der Waals surface area contributed by atoms with Crippen molar-refractivity contribution in [3.63, 3.8) is 0 Å². The van der Waals surface area contributed by atoms with Gasteiger partial charge in [-0.05, 0) is 22.0 Å².